The lowest BCUT2D eigenvalue weighted by atomic mass is 9.82. The third kappa shape index (κ3) is 7.38. The average Bonchev–Trinajstić information content (AvgIpc) is 3.58. The molecule has 4 rings (SSSR count). The fourth-order valence-electron chi connectivity index (χ4n) is 6.93. The van der Waals surface area contributed by atoms with Gasteiger partial charge in [0.25, 0.3) is 0 Å². The second-order valence-corrected chi connectivity index (χ2v) is 14.1. The van der Waals surface area contributed by atoms with Gasteiger partial charge >= 0.3 is 0 Å². The summed E-state index contributed by atoms with van der Waals surface area (Å²) in [5.74, 6) is 2.13. The number of likely N-dealkylation sites (tertiary alicyclic amines) is 2. The molecule has 1 saturated carbocycles. The van der Waals surface area contributed by atoms with Gasteiger partial charge in [-0.25, -0.2) is 12.7 Å². The summed E-state index contributed by atoms with van der Waals surface area (Å²) in [6.45, 7) is 10.2. The summed E-state index contributed by atoms with van der Waals surface area (Å²) in [4.78, 5) is 18.5. The molecule has 0 amide bonds. The highest BCUT2D eigenvalue weighted by Gasteiger charge is 2.32. The van der Waals surface area contributed by atoms with Crippen molar-refractivity contribution < 1.29 is 17.9 Å². The van der Waals surface area contributed by atoms with E-state index in [1.165, 1.54) is 75.6 Å². The Morgan fingerprint density at radius 2 is 1.66 bits per heavy atom. The maximum Gasteiger partial charge on any atom is 0.243 e. The lowest BCUT2D eigenvalue weighted by Gasteiger charge is -2.34. The number of rotatable bonds is 12. The minimum Gasteiger partial charge on any atom is -0.497 e. The van der Waals surface area contributed by atoms with Gasteiger partial charge in [-0.05, 0) is 126 Å². The molecule has 2 heterocycles. The van der Waals surface area contributed by atoms with Crippen LogP contribution in [0.5, 0.6) is 5.75 Å². The Morgan fingerprint density at radius 1 is 1.00 bits per heavy atom. The van der Waals surface area contributed by atoms with Gasteiger partial charge in [0.05, 0.1) is 12.0 Å². The second kappa shape index (κ2) is 13.2. The number of hydrogen-bond donors (Lipinski definition) is 0. The number of benzene rings is 1. The van der Waals surface area contributed by atoms with E-state index < -0.39 is 10.0 Å². The largest absolute Gasteiger partial charge is 0.497 e. The normalized spacial score (nSPS) is 25.3. The summed E-state index contributed by atoms with van der Waals surface area (Å²) in [7, 11) is -0.518. The van der Waals surface area contributed by atoms with Crippen molar-refractivity contribution in [2.24, 2.45) is 11.8 Å². The number of carbonyl (C=O) groups is 1. The summed E-state index contributed by atoms with van der Waals surface area (Å²) in [5.41, 5.74) is 1.32. The van der Waals surface area contributed by atoms with Crippen LogP contribution in [0.1, 0.15) is 75.3 Å². The Balaban J connectivity index is 1.17. The molecule has 2 aliphatic heterocycles. The molecule has 1 aromatic rings. The monoisotopic (exact) mass is 547 g/mol. The smallest absolute Gasteiger partial charge is 0.243 e. The van der Waals surface area contributed by atoms with Crippen LogP contribution in [0, 0.1) is 25.7 Å². The predicted octanol–water partition coefficient (Wildman–Crippen LogP) is 4.65. The molecule has 8 heteroatoms. The van der Waals surface area contributed by atoms with Crippen molar-refractivity contribution in [1.29, 1.82) is 0 Å². The first-order chi connectivity index (χ1) is 18.2. The molecule has 2 saturated heterocycles. The van der Waals surface area contributed by atoms with Crippen LogP contribution in [0.25, 0.3) is 0 Å². The van der Waals surface area contributed by atoms with E-state index in [4.69, 9.17) is 4.74 Å². The molecule has 1 atom stereocenters. The Kier molecular flexibility index (Phi) is 10.3. The Labute approximate surface area is 230 Å². The van der Waals surface area contributed by atoms with Gasteiger partial charge < -0.3 is 14.5 Å². The summed E-state index contributed by atoms with van der Waals surface area (Å²) < 4.78 is 33.1. The lowest BCUT2D eigenvalue weighted by molar-refractivity contribution is -0.120. The second-order valence-electron chi connectivity index (χ2n) is 12.1. The lowest BCUT2D eigenvalue weighted by Crippen LogP contribution is -2.37. The van der Waals surface area contributed by atoms with Crippen molar-refractivity contribution in [3.63, 3.8) is 0 Å². The number of carbonyl (C=O) groups excluding carboxylic acids is 1. The molecular formula is C30H49N3O4S. The molecule has 0 bridgehead atoms. The number of ketones is 1. The van der Waals surface area contributed by atoms with Gasteiger partial charge in [-0.3, -0.25) is 4.79 Å². The van der Waals surface area contributed by atoms with Crippen molar-refractivity contribution in [2.45, 2.75) is 89.0 Å². The van der Waals surface area contributed by atoms with Crippen LogP contribution >= 0.6 is 0 Å². The van der Waals surface area contributed by atoms with Gasteiger partial charge in [0.1, 0.15) is 11.5 Å². The number of hydrogen-bond acceptors (Lipinski definition) is 6. The average molecular weight is 548 g/mol. The van der Waals surface area contributed by atoms with Crippen LogP contribution in [-0.4, -0.2) is 87.8 Å². The van der Waals surface area contributed by atoms with Crippen molar-refractivity contribution in [3.8, 4) is 5.75 Å². The van der Waals surface area contributed by atoms with E-state index in [0.717, 1.165) is 18.8 Å². The number of nitrogens with zero attached hydrogens (tertiary/aromatic N) is 3. The molecule has 3 fully saturated rings. The summed E-state index contributed by atoms with van der Waals surface area (Å²) in [5, 5.41) is 0. The molecule has 0 spiro atoms. The molecule has 0 unspecified atom stereocenters. The van der Waals surface area contributed by atoms with E-state index in [-0.39, 0.29) is 18.7 Å². The zero-order valence-corrected chi connectivity index (χ0v) is 24.9. The molecule has 1 aromatic carbocycles. The quantitative estimate of drug-likeness (QED) is 0.380. The highest BCUT2D eigenvalue weighted by atomic mass is 32.2. The van der Waals surface area contributed by atoms with Gasteiger partial charge in [0.15, 0.2) is 0 Å². The van der Waals surface area contributed by atoms with Gasteiger partial charge in [-0.15, -0.1) is 0 Å². The highest BCUT2D eigenvalue weighted by Crippen LogP contribution is 2.34. The first-order valence-electron chi connectivity index (χ1n) is 14.8. The summed E-state index contributed by atoms with van der Waals surface area (Å²) >= 11 is 0. The number of sulfonamides is 1. The zero-order valence-electron chi connectivity index (χ0n) is 24.1. The zero-order chi connectivity index (χ0) is 27.3. The van der Waals surface area contributed by atoms with Crippen LogP contribution in [0.4, 0.5) is 0 Å². The molecule has 0 aromatic heterocycles. The van der Waals surface area contributed by atoms with Gasteiger partial charge in [0.2, 0.25) is 10.0 Å². The van der Waals surface area contributed by atoms with Gasteiger partial charge in [0, 0.05) is 39.0 Å². The molecule has 3 aliphatic rings. The van der Waals surface area contributed by atoms with Crippen LogP contribution < -0.4 is 4.74 Å². The van der Waals surface area contributed by atoms with Crippen molar-refractivity contribution in [3.05, 3.63) is 23.3 Å². The molecule has 38 heavy (non-hydrogen) atoms. The topological polar surface area (TPSA) is 70.2 Å². The molecular weight excluding hydrogens is 498 g/mol. The van der Waals surface area contributed by atoms with Crippen LogP contribution in [-0.2, 0) is 14.8 Å². The Bertz CT molecular complexity index is 1020. The minimum atomic E-state index is -3.67. The summed E-state index contributed by atoms with van der Waals surface area (Å²) in [6, 6.07) is 4.17. The standard InChI is InChI=1S/C30H49N3O4S/c1-23-19-29(37-4)20-24(2)30(23)38(35,36)31(3)16-13-28(34)21-25-7-9-27(10-8-25)33-18-12-26(22-33)11-17-32-14-5-6-15-32/h19-20,25-27H,5-18,21-22H2,1-4H3/t25?,26-,27?/m0/s1. The van der Waals surface area contributed by atoms with E-state index in [9.17, 15) is 13.2 Å². The van der Waals surface area contributed by atoms with Gasteiger partial charge in [-0.1, -0.05) is 0 Å². The molecule has 7 nitrogen and oxygen atoms in total. The molecule has 1 aliphatic carbocycles. The fourth-order valence-corrected chi connectivity index (χ4v) is 8.51. The summed E-state index contributed by atoms with van der Waals surface area (Å²) in [6.07, 6.45) is 10.9. The number of Topliss-reactive ketones (excluding diaryl/α,β-unsaturated/α-hetero) is 1. The third-order valence-corrected chi connectivity index (χ3v) is 11.4. The van der Waals surface area contributed by atoms with Crippen LogP contribution in [0.15, 0.2) is 17.0 Å². The van der Waals surface area contributed by atoms with E-state index >= 15 is 0 Å². The third-order valence-electron chi connectivity index (χ3n) is 9.26. The van der Waals surface area contributed by atoms with E-state index in [1.807, 2.05) is 0 Å². The number of ether oxygens (including phenoxy) is 1. The molecule has 0 radical (unpaired) electrons. The van der Waals surface area contributed by atoms with E-state index in [1.54, 1.807) is 40.1 Å². The van der Waals surface area contributed by atoms with Crippen molar-refractivity contribution >= 4 is 15.8 Å². The Hall–Kier alpha value is -1.48. The minimum absolute atomic E-state index is 0.182. The van der Waals surface area contributed by atoms with Gasteiger partial charge in [-0.2, -0.15) is 0 Å². The van der Waals surface area contributed by atoms with Crippen LogP contribution in [0.2, 0.25) is 0 Å². The fraction of sp³-hybridized carbons (Fsp3) is 0.767. The first-order valence-corrected chi connectivity index (χ1v) is 16.2. The predicted molar refractivity (Wildman–Crippen MR) is 152 cm³/mol. The highest BCUT2D eigenvalue weighted by molar-refractivity contribution is 7.89. The number of aryl methyl sites for hydroxylation is 2. The number of methoxy groups -OCH3 is 1. The SMILES string of the molecule is COc1cc(C)c(S(=O)(=O)N(C)CCC(=O)CC2CCC(N3CC[C@H](CCN4CCCC4)C3)CC2)c(C)c1. The first kappa shape index (κ1) is 29.5. The maximum absolute atomic E-state index is 13.2. The van der Waals surface area contributed by atoms with E-state index in [2.05, 4.69) is 9.80 Å². The maximum atomic E-state index is 13.2. The molecule has 214 valence electrons. The van der Waals surface area contributed by atoms with Crippen molar-refractivity contribution in [2.75, 3.05) is 53.4 Å². The molecule has 0 N–H and O–H groups in total. The Morgan fingerprint density at radius 3 is 2.29 bits per heavy atom. The van der Waals surface area contributed by atoms with Crippen molar-refractivity contribution in [1.82, 2.24) is 14.1 Å². The van der Waals surface area contributed by atoms with Crippen LogP contribution in [0.3, 0.4) is 0 Å². The van der Waals surface area contributed by atoms with E-state index in [0.29, 0.717) is 40.2 Å².